The van der Waals surface area contributed by atoms with Crippen molar-refractivity contribution in [2.24, 2.45) is 0 Å². The van der Waals surface area contributed by atoms with Gasteiger partial charge >= 0.3 is 0 Å². The average molecular weight is 161 g/mol. The molecule has 2 heteroatoms. The van der Waals surface area contributed by atoms with Gasteiger partial charge in [0.1, 0.15) is 6.20 Å². The van der Waals surface area contributed by atoms with Gasteiger partial charge in [0.25, 0.3) is 0 Å². The van der Waals surface area contributed by atoms with Crippen molar-refractivity contribution in [2.45, 2.75) is 25.3 Å². The third kappa shape index (κ3) is 1.29. The van der Waals surface area contributed by atoms with E-state index < -0.39 is 0 Å². The van der Waals surface area contributed by atoms with Gasteiger partial charge in [-0.1, -0.05) is 0 Å². The Kier molecular flexibility index (Phi) is 1.98. The van der Waals surface area contributed by atoms with Gasteiger partial charge in [-0.05, 0) is 31.4 Å². The third-order valence-corrected chi connectivity index (χ3v) is 2.60. The topological polar surface area (TPSA) is 16.1 Å². The highest BCUT2D eigenvalue weighted by Crippen LogP contribution is 2.26. The predicted molar refractivity (Wildman–Crippen MR) is 49.1 cm³/mol. The smallest absolute Gasteiger partial charge is 0.114 e. The lowest BCUT2D eigenvalue weighted by atomic mass is 9.92. The number of hydrogen-bond donors (Lipinski definition) is 0. The number of nitrogens with zero attached hydrogens (tertiary/aromatic N) is 2. The summed E-state index contributed by atoms with van der Waals surface area (Å²) < 4.78 is 0. The van der Waals surface area contributed by atoms with Crippen LogP contribution in [0.1, 0.15) is 19.3 Å². The van der Waals surface area contributed by atoms with Crippen molar-refractivity contribution in [3.63, 3.8) is 0 Å². The molecule has 63 valence electrons. The van der Waals surface area contributed by atoms with E-state index in [9.17, 15) is 0 Å². The fraction of sp³-hybridized carbons (Fsp3) is 0.500. The van der Waals surface area contributed by atoms with Gasteiger partial charge in [0.2, 0.25) is 0 Å². The van der Waals surface area contributed by atoms with Crippen molar-refractivity contribution < 1.29 is 0 Å². The van der Waals surface area contributed by atoms with Crippen molar-refractivity contribution in [1.82, 2.24) is 4.98 Å². The van der Waals surface area contributed by atoms with Crippen LogP contribution in [0.5, 0.6) is 0 Å². The molecular formula is C10H13N2. The standard InChI is InChI=1S/C10H13N2/c1-12(9-4-2-5-9)10-6-3-7-11-8-10/h3,6-7,9H,2,4-5H2,1H3. The van der Waals surface area contributed by atoms with Gasteiger partial charge in [0.15, 0.2) is 0 Å². The number of anilines is 1. The van der Waals surface area contributed by atoms with E-state index in [4.69, 9.17) is 0 Å². The van der Waals surface area contributed by atoms with Gasteiger partial charge in [-0.15, -0.1) is 0 Å². The minimum absolute atomic E-state index is 0.727. The van der Waals surface area contributed by atoms with Gasteiger partial charge < -0.3 is 4.90 Å². The van der Waals surface area contributed by atoms with Gasteiger partial charge in [0.05, 0.1) is 5.69 Å². The molecule has 2 rings (SSSR count). The van der Waals surface area contributed by atoms with Crippen LogP contribution >= 0.6 is 0 Å². The zero-order chi connectivity index (χ0) is 8.39. The molecule has 0 amide bonds. The average Bonchev–Trinajstić information content (AvgIpc) is 2.03. The summed E-state index contributed by atoms with van der Waals surface area (Å²) in [5.74, 6) is 0. The largest absolute Gasteiger partial charge is 0.370 e. The first kappa shape index (κ1) is 7.59. The highest BCUT2D eigenvalue weighted by atomic mass is 15.1. The van der Waals surface area contributed by atoms with E-state index >= 15 is 0 Å². The maximum Gasteiger partial charge on any atom is 0.114 e. The first-order valence-electron chi connectivity index (χ1n) is 4.43. The molecule has 0 saturated heterocycles. The maximum absolute atomic E-state index is 3.98. The molecule has 1 heterocycles. The lowest BCUT2D eigenvalue weighted by Crippen LogP contribution is -2.37. The highest BCUT2D eigenvalue weighted by Gasteiger charge is 2.22. The second-order valence-electron chi connectivity index (χ2n) is 3.33. The molecule has 1 aliphatic carbocycles. The third-order valence-electron chi connectivity index (χ3n) is 2.60. The Morgan fingerprint density at radius 2 is 2.42 bits per heavy atom. The van der Waals surface area contributed by atoms with E-state index in [1.54, 1.807) is 6.20 Å². The van der Waals surface area contributed by atoms with Crippen LogP contribution in [-0.2, 0) is 0 Å². The molecule has 0 aliphatic heterocycles. The fourth-order valence-corrected chi connectivity index (χ4v) is 1.49. The van der Waals surface area contributed by atoms with Crippen LogP contribution < -0.4 is 4.90 Å². The first-order valence-corrected chi connectivity index (χ1v) is 4.43. The molecule has 1 fully saturated rings. The summed E-state index contributed by atoms with van der Waals surface area (Å²) in [6.45, 7) is 0. The molecule has 0 atom stereocenters. The summed E-state index contributed by atoms with van der Waals surface area (Å²) in [5, 5.41) is 0. The molecule has 0 N–H and O–H groups in total. The second-order valence-corrected chi connectivity index (χ2v) is 3.33. The molecule has 1 aromatic rings. The molecule has 0 aromatic carbocycles. The normalized spacial score (nSPS) is 17.1. The number of pyridine rings is 1. The zero-order valence-electron chi connectivity index (χ0n) is 7.33. The van der Waals surface area contributed by atoms with Gasteiger partial charge in [-0.2, -0.15) is 0 Å². The van der Waals surface area contributed by atoms with Crippen molar-refractivity contribution in [2.75, 3.05) is 11.9 Å². The lowest BCUT2D eigenvalue weighted by Gasteiger charge is -2.35. The minimum atomic E-state index is 0.727. The zero-order valence-corrected chi connectivity index (χ0v) is 7.33. The van der Waals surface area contributed by atoms with Crippen LogP contribution in [-0.4, -0.2) is 18.1 Å². The minimum Gasteiger partial charge on any atom is -0.370 e. The molecule has 1 saturated carbocycles. The summed E-state index contributed by atoms with van der Waals surface area (Å²) in [4.78, 5) is 6.25. The molecule has 0 bridgehead atoms. The van der Waals surface area contributed by atoms with Gasteiger partial charge in [-0.3, -0.25) is 4.98 Å². The second kappa shape index (κ2) is 3.13. The van der Waals surface area contributed by atoms with Crippen LogP contribution in [0.25, 0.3) is 0 Å². The Balaban J connectivity index is 2.08. The Bertz CT molecular complexity index is 241. The first-order chi connectivity index (χ1) is 5.88. The number of rotatable bonds is 2. The van der Waals surface area contributed by atoms with Crippen molar-refractivity contribution in [3.05, 3.63) is 24.5 Å². The van der Waals surface area contributed by atoms with Gasteiger partial charge in [0, 0.05) is 19.3 Å². The van der Waals surface area contributed by atoms with Crippen molar-refractivity contribution in [1.29, 1.82) is 0 Å². The molecular weight excluding hydrogens is 148 g/mol. The Morgan fingerprint density at radius 1 is 1.58 bits per heavy atom. The summed E-state index contributed by atoms with van der Waals surface area (Å²) in [7, 11) is 2.12. The van der Waals surface area contributed by atoms with Crippen LogP contribution in [0.2, 0.25) is 0 Å². The van der Waals surface area contributed by atoms with Crippen molar-refractivity contribution >= 4 is 5.69 Å². The number of aromatic nitrogens is 1. The fourth-order valence-electron chi connectivity index (χ4n) is 1.49. The van der Waals surface area contributed by atoms with Crippen molar-refractivity contribution in [3.8, 4) is 0 Å². The van der Waals surface area contributed by atoms with E-state index in [0.29, 0.717) is 0 Å². The maximum atomic E-state index is 3.98. The summed E-state index contributed by atoms with van der Waals surface area (Å²) >= 11 is 0. The summed E-state index contributed by atoms with van der Waals surface area (Å²) in [5.41, 5.74) is 1.11. The molecule has 0 unspecified atom stereocenters. The summed E-state index contributed by atoms with van der Waals surface area (Å²) in [6.07, 6.45) is 8.76. The molecule has 1 radical (unpaired) electrons. The van der Waals surface area contributed by atoms with E-state index in [1.807, 2.05) is 6.07 Å². The predicted octanol–water partition coefficient (Wildman–Crippen LogP) is 1.87. The molecule has 1 aromatic heterocycles. The van der Waals surface area contributed by atoms with E-state index in [1.165, 1.54) is 19.3 Å². The monoisotopic (exact) mass is 161 g/mol. The lowest BCUT2D eigenvalue weighted by molar-refractivity contribution is 0.401. The van der Waals surface area contributed by atoms with Crippen LogP contribution in [0.15, 0.2) is 18.3 Å². The van der Waals surface area contributed by atoms with Gasteiger partial charge in [-0.25, -0.2) is 0 Å². The molecule has 1 aliphatic rings. The Labute approximate surface area is 73.2 Å². The van der Waals surface area contributed by atoms with Crippen LogP contribution in [0, 0.1) is 6.20 Å². The Hall–Kier alpha value is -1.05. The Morgan fingerprint density at radius 3 is 2.92 bits per heavy atom. The molecule has 2 nitrogen and oxygen atoms in total. The SMILES string of the molecule is CN(c1[c]nccc1)C1CCC1. The van der Waals surface area contributed by atoms with Crippen LogP contribution in [0.4, 0.5) is 5.69 Å². The number of hydrogen-bond acceptors (Lipinski definition) is 2. The van der Waals surface area contributed by atoms with E-state index in [0.717, 1.165) is 11.7 Å². The van der Waals surface area contributed by atoms with E-state index in [2.05, 4.69) is 29.2 Å². The molecule has 0 spiro atoms. The van der Waals surface area contributed by atoms with Crippen LogP contribution in [0.3, 0.4) is 0 Å². The highest BCUT2D eigenvalue weighted by molar-refractivity contribution is 5.43. The summed E-state index contributed by atoms with van der Waals surface area (Å²) in [6, 6.07) is 4.75. The van der Waals surface area contributed by atoms with E-state index in [-0.39, 0.29) is 0 Å². The molecule has 12 heavy (non-hydrogen) atoms. The quantitative estimate of drug-likeness (QED) is 0.658.